The fraction of sp³-hybridized carbons (Fsp3) is 0.310. The van der Waals surface area contributed by atoms with Crippen LogP contribution in [0.15, 0.2) is 54.6 Å². The van der Waals surface area contributed by atoms with E-state index < -0.39 is 0 Å². The Kier molecular flexibility index (Phi) is 10.2. The third kappa shape index (κ3) is 5.48. The van der Waals surface area contributed by atoms with E-state index in [1.54, 1.807) is 0 Å². The lowest BCUT2D eigenvalue weighted by Gasteiger charge is -2.16. The van der Waals surface area contributed by atoms with Crippen LogP contribution in [0.5, 0.6) is 0 Å². The van der Waals surface area contributed by atoms with Crippen LogP contribution in [0.2, 0.25) is 0 Å². The third-order valence-corrected chi connectivity index (χ3v) is 5.02. The summed E-state index contributed by atoms with van der Waals surface area (Å²) >= 11 is 0. The van der Waals surface area contributed by atoms with Crippen LogP contribution in [0.3, 0.4) is 0 Å². The predicted octanol–water partition coefficient (Wildman–Crippen LogP) is 9.55. The van der Waals surface area contributed by atoms with Crippen LogP contribution in [0.4, 0.5) is 0 Å². The van der Waals surface area contributed by atoms with Gasteiger partial charge in [0.25, 0.3) is 0 Å². The number of benzene rings is 3. The molecule has 0 atom stereocenters. The molecule has 3 aromatic rings. The Morgan fingerprint density at radius 2 is 1.00 bits per heavy atom. The van der Waals surface area contributed by atoms with E-state index in [4.69, 9.17) is 0 Å². The van der Waals surface area contributed by atoms with Gasteiger partial charge < -0.3 is 0 Å². The van der Waals surface area contributed by atoms with Crippen molar-refractivity contribution < 1.29 is 0 Å². The van der Waals surface area contributed by atoms with Crippen molar-refractivity contribution in [3.8, 4) is 11.1 Å². The van der Waals surface area contributed by atoms with Gasteiger partial charge in [0.15, 0.2) is 0 Å². The maximum atomic E-state index is 2.34. The highest BCUT2D eigenvalue weighted by Gasteiger charge is 2.12. The van der Waals surface area contributed by atoms with Crippen LogP contribution >= 0.6 is 0 Å². The lowest BCUT2D eigenvalue weighted by Crippen LogP contribution is -1.95. The Labute approximate surface area is 179 Å². The summed E-state index contributed by atoms with van der Waals surface area (Å²) in [5.74, 6) is 0. The van der Waals surface area contributed by atoms with Crippen molar-refractivity contribution in [1.29, 1.82) is 0 Å². The number of hydrogen-bond acceptors (Lipinski definition) is 0. The maximum absolute atomic E-state index is 2.34. The summed E-state index contributed by atoms with van der Waals surface area (Å²) in [6.07, 6.45) is 8.73. The first-order chi connectivity index (χ1) is 14.1. The van der Waals surface area contributed by atoms with Crippen LogP contribution in [0.25, 0.3) is 34.1 Å². The van der Waals surface area contributed by atoms with Gasteiger partial charge in [-0.05, 0) is 84.8 Å². The summed E-state index contributed by atoms with van der Waals surface area (Å²) in [4.78, 5) is 0. The molecule has 0 nitrogen and oxygen atoms in total. The second-order valence-corrected chi connectivity index (χ2v) is 6.70. The Morgan fingerprint density at radius 3 is 1.48 bits per heavy atom. The Hall–Kier alpha value is -2.60. The van der Waals surface area contributed by atoms with Crippen molar-refractivity contribution in [2.45, 2.75) is 62.3 Å². The molecule has 0 bridgehead atoms. The smallest absolute Gasteiger partial charge is 0.00965 e. The van der Waals surface area contributed by atoms with Crippen molar-refractivity contribution in [3.05, 3.63) is 82.4 Å². The van der Waals surface area contributed by atoms with Gasteiger partial charge >= 0.3 is 0 Å². The highest BCUT2D eigenvalue weighted by atomic mass is 14.2. The van der Waals surface area contributed by atoms with Crippen molar-refractivity contribution in [1.82, 2.24) is 0 Å². The third-order valence-electron chi connectivity index (χ3n) is 5.02. The number of hydrogen-bond donors (Lipinski definition) is 0. The SMILES string of the molecule is C/C=C\c1c(C)c(C)c(/C=C\C)c2cc(-c3ccc(C)cc3)ccc12.CC.CC. The zero-order valence-electron chi connectivity index (χ0n) is 19.9. The molecule has 0 radical (unpaired) electrons. The minimum atomic E-state index is 1.27. The van der Waals surface area contributed by atoms with Gasteiger partial charge in [0.2, 0.25) is 0 Å². The molecular formula is C29H38. The molecule has 0 spiro atoms. The minimum Gasteiger partial charge on any atom is -0.0870 e. The fourth-order valence-electron chi connectivity index (χ4n) is 3.50. The Balaban J connectivity index is 0.000000989. The number of fused-ring (bicyclic) bond motifs is 1. The second kappa shape index (κ2) is 12.1. The summed E-state index contributed by atoms with van der Waals surface area (Å²) in [5.41, 5.74) is 9.22. The van der Waals surface area contributed by atoms with E-state index in [2.05, 4.69) is 101 Å². The van der Waals surface area contributed by atoms with Gasteiger partial charge in [-0.3, -0.25) is 0 Å². The van der Waals surface area contributed by atoms with E-state index in [-0.39, 0.29) is 0 Å². The quantitative estimate of drug-likeness (QED) is 0.420. The van der Waals surface area contributed by atoms with Gasteiger partial charge in [0.1, 0.15) is 0 Å². The molecule has 0 heterocycles. The monoisotopic (exact) mass is 386 g/mol. The molecular weight excluding hydrogens is 348 g/mol. The molecule has 29 heavy (non-hydrogen) atoms. The standard InChI is InChI=1S/C25H26.2C2H6/c1-6-8-22-18(4)19(5)23(9-7-2)25-16-21(14-15-24(22)25)20-12-10-17(3)11-13-20;2*1-2/h6-16H,1-5H3;2*1-2H3/b8-6-,9-7-;;. The molecule has 154 valence electrons. The molecule has 0 aliphatic heterocycles. The predicted molar refractivity (Wildman–Crippen MR) is 136 cm³/mol. The van der Waals surface area contributed by atoms with E-state index in [0.29, 0.717) is 0 Å². The summed E-state index contributed by atoms with van der Waals surface area (Å²) < 4.78 is 0. The van der Waals surface area contributed by atoms with E-state index in [9.17, 15) is 0 Å². The zero-order chi connectivity index (χ0) is 22.0. The van der Waals surface area contributed by atoms with Crippen molar-refractivity contribution in [2.75, 3.05) is 0 Å². The summed E-state index contributed by atoms with van der Waals surface area (Å²) in [5, 5.41) is 2.65. The number of allylic oxidation sites excluding steroid dienone is 2. The van der Waals surface area contributed by atoms with Gasteiger partial charge in [-0.1, -0.05) is 94.0 Å². The van der Waals surface area contributed by atoms with E-state index in [1.165, 1.54) is 49.7 Å². The lowest BCUT2D eigenvalue weighted by atomic mass is 9.88. The number of aryl methyl sites for hydroxylation is 1. The summed E-state index contributed by atoms with van der Waals surface area (Å²) in [6, 6.07) is 15.6. The largest absolute Gasteiger partial charge is 0.0870 e. The van der Waals surface area contributed by atoms with Gasteiger partial charge in [0.05, 0.1) is 0 Å². The molecule has 0 saturated heterocycles. The average molecular weight is 387 g/mol. The lowest BCUT2D eigenvalue weighted by molar-refractivity contribution is 1.33. The highest BCUT2D eigenvalue weighted by Crippen LogP contribution is 2.35. The van der Waals surface area contributed by atoms with Gasteiger partial charge in [0, 0.05) is 0 Å². The molecule has 0 amide bonds. The Bertz CT molecular complexity index is 967. The van der Waals surface area contributed by atoms with Crippen molar-refractivity contribution in [3.63, 3.8) is 0 Å². The second-order valence-electron chi connectivity index (χ2n) is 6.70. The minimum absolute atomic E-state index is 1.27. The molecule has 0 saturated carbocycles. The van der Waals surface area contributed by atoms with Crippen LogP contribution in [0, 0.1) is 20.8 Å². The summed E-state index contributed by atoms with van der Waals surface area (Å²) in [6.45, 7) is 18.8. The maximum Gasteiger partial charge on any atom is -0.00965 e. The molecule has 0 heteroatoms. The average Bonchev–Trinajstić information content (AvgIpc) is 2.77. The summed E-state index contributed by atoms with van der Waals surface area (Å²) in [7, 11) is 0. The normalized spacial score (nSPS) is 10.7. The van der Waals surface area contributed by atoms with E-state index in [0.717, 1.165) is 0 Å². The van der Waals surface area contributed by atoms with Crippen LogP contribution < -0.4 is 0 Å². The van der Waals surface area contributed by atoms with Gasteiger partial charge in [-0.25, -0.2) is 0 Å². The highest BCUT2D eigenvalue weighted by molar-refractivity contribution is 6.01. The van der Waals surface area contributed by atoms with Crippen LogP contribution in [0.1, 0.15) is 69.4 Å². The molecule has 0 fully saturated rings. The molecule has 0 aromatic heterocycles. The first kappa shape index (κ1) is 24.4. The van der Waals surface area contributed by atoms with E-state index >= 15 is 0 Å². The van der Waals surface area contributed by atoms with Crippen LogP contribution in [-0.2, 0) is 0 Å². The fourth-order valence-corrected chi connectivity index (χ4v) is 3.50. The van der Waals surface area contributed by atoms with Gasteiger partial charge in [-0.15, -0.1) is 0 Å². The first-order valence-corrected chi connectivity index (χ1v) is 11.0. The van der Waals surface area contributed by atoms with Crippen molar-refractivity contribution >= 4 is 22.9 Å². The molecule has 0 aliphatic rings. The molecule has 3 aromatic carbocycles. The topological polar surface area (TPSA) is 0 Å². The van der Waals surface area contributed by atoms with Crippen LogP contribution in [-0.4, -0.2) is 0 Å². The molecule has 3 rings (SSSR count). The zero-order valence-corrected chi connectivity index (χ0v) is 19.9. The van der Waals surface area contributed by atoms with E-state index in [1.807, 2.05) is 27.7 Å². The first-order valence-electron chi connectivity index (χ1n) is 11.0. The molecule has 0 N–H and O–H groups in total. The molecule has 0 aliphatic carbocycles. The van der Waals surface area contributed by atoms with Crippen molar-refractivity contribution in [2.24, 2.45) is 0 Å². The van der Waals surface area contributed by atoms with Gasteiger partial charge in [-0.2, -0.15) is 0 Å². The Morgan fingerprint density at radius 1 is 0.552 bits per heavy atom. The number of rotatable bonds is 3. The molecule has 0 unspecified atom stereocenters.